The van der Waals surface area contributed by atoms with Gasteiger partial charge in [0.25, 0.3) is 0 Å². The van der Waals surface area contributed by atoms with Crippen molar-refractivity contribution < 1.29 is 27.8 Å². The molecule has 2 saturated heterocycles. The second kappa shape index (κ2) is 9.28. The van der Waals surface area contributed by atoms with Gasteiger partial charge in [-0.15, -0.1) is 0 Å². The average Bonchev–Trinajstić information content (AvgIpc) is 3.49. The number of carbonyl (C=O) groups is 1. The maximum absolute atomic E-state index is 13.1. The SMILES string of the molecule is O=C(OCS(=O)(=O)c1ccc(N2CC[C@H](O)C2)c(-c2cc3ccccc3[nH]2)c1)N1CCOCC1. The van der Waals surface area contributed by atoms with Crippen LogP contribution in [0, 0.1) is 0 Å². The summed E-state index contributed by atoms with van der Waals surface area (Å²) in [5.74, 6) is -0.739. The third kappa shape index (κ3) is 4.61. The van der Waals surface area contributed by atoms with Crippen molar-refractivity contribution in [3.05, 3.63) is 48.5 Å². The molecule has 0 aliphatic carbocycles. The molecular weight excluding hydrogens is 458 g/mol. The largest absolute Gasteiger partial charge is 0.433 e. The number of H-pyrrole nitrogens is 1. The fourth-order valence-electron chi connectivity index (χ4n) is 4.41. The van der Waals surface area contributed by atoms with Crippen LogP contribution in [-0.2, 0) is 19.3 Å². The molecule has 0 unspecified atom stereocenters. The number of nitrogens with zero attached hydrogens (tertiary/aromatic N) is 2. The summed E-state index contributed by atoms with van der Waals surface area (Å²) in [5.41, 5.74) is 3.27. The van der Waals surface area contributed by atoms with Gasteiger partial charge in [0.15, 0.2) is 5.94 Å². The number of hydrogen-bond donors (Lipinski definition) is 2. The van der Waals surface area contributed by atoms with Gasteiger partial charge in [0, 0.05) is 54.0 Å². The van der Waals surface area contributed by atoms with E-state index < -0.39 is 28.0 Å². The molecule has 2 aromatic carbocycles. The van der Waals surface area contributed by atoms with Crippen molar-refractivity contribution in [2.24, 2.45) is 0 Å². The number of β-amino-alcohol motifs (C(OH)–C–C–N with tert-alkyl or cyclic N) is 1. The van der Waals surface area contributed by atoms with E-state index in [0.717, 1.165) is 22.3 Å². The third-order valence-corrected chi connectivity index (χ3v) is 7.66. The van der Waals surface area contributed by atoms with Gasteiger partial charge < -0.3 is 29.4 Å². The molecule has 3 aromatic rings. The van der Waals surface area contributed by atoms with E-state index in [1.807, 2.05) is 30.3 Å². The highest BCUT2D eigenvalue weighted by Crippen LogP contribution is 2.36. The molecule has 0 bridgehead atoms. The lowest BCUT2D eigenvalue weighted by Gasteiger charge is -2.26. The van der Waals surface area contributed by atoms with E-state index in [1.54, 1.807) is 12.1 Å². The van der Waals surface area contributed by atoms with E-state index in [2.05, 4.69) is 9.88 Å². The van der Waals surface area contributed by atoms with Gasteiger partial charge in [0.2, 0.25) is 9.84 Å². The first-order chi connectivity index (χ1) is 16.4. The molecule has 10 heteroatoms. The van der Waals surface area contributed by atoms with Gasteiger partial charge in [-0.3, -0.25) is 0 Å². The number of aromatic amines is 1. The van der Waals surface area contributed by atoms with Crippen molar-refractivity contribution in [3.8, 4) is 11.3 Å². The lowest BCUT2D eigenvalue weighted by molar-refractivity contribution is 0.0316. The lowest BCUT2D eigenvalue weighted by Crippen LogP contribution is -2.41. The normalized spacial score (nSPS) is 19.0. The van der Waals surface area contributed by atoms with Gasteiger partial charge in [-0.25, -0.2) is 13.2 Å². The van der Waals surface area contributed by atoms with Gasteiger partial charge in [-0.1, -0.05) is 18.2 Å². The topological polar surface area (TPSA) is 112 Å². The van der Waals surface area contributed by atoms with E-state index in [0.29, 0.717) is 51.4 Å². The maximum Gasteiger partial charge on any atom is 0.410 e. The van der Waals surface area contributed by atoms with E-state index in [1.165, 1.54) is 11.0 Å². The Balaban J connectivity index is 1.45. The van der Waals surface area contributed by atoms with Gasteiger partial charge >= 0.3 is 6.09 Å². The number of carbonyl (C=O) groups excluding carboxylic acids is 1. The van der Waals surface area contributed by atoms with Crippen LogP contribution < -0.4 is 4.90 Å². The molecule has 3 heterocycles. The fourth-order valence-corrected chi connectivity index (χ4v) is 5.38. The van der Waals surface area contributed by atoms with Crippen LogP contribution in [0.4, 0.5) is 10.5 Å². The summed E-state index contributed by atoms with van der Waals surface area (Å²) >= 11 is 0. The molecule has 9 nitrogen and oxygen atoms in total. The van der Waals surface area contributed by atoms with Gasteiger partial charge in [0.05, 0.1) is 24.2 Å². The van der Waals surface area contributed by atoms with E-state index in [-0.39, 0.29) is 4.90 Å². The zero-order valence-electron chi connectivity index (χ0n) is 18.6. The molecule has 1 aromatic heterocycles. The lowest BCUT2D eigenvalue weighted by atomic mass is 10.1. The van der Waals surface area contributed by atoms with Crippen molar-refractivity contribution in [1.82, 2.24) is 9.88 Å². The minimum atomic E-state index is -3.89. The first-order valence-electron chi connectivity index (χ1n) is 11.3. The summed E-state index contributed by atoms with van der Waals surface area (Å²) in [6.07, 6.45) is -0.423. The number of amides is 1. The zero-order chi connectivity index (χ0) is 23.7. The van der Waals surface area contributed by atoms with Crippen LogP contribution in [0.1, 0.15) is 6.42 Å². The first-order valence-corrected chi connectivity index (χ1v) is 12.9. The highest BCUT2D eigenvalue weighted by atomic mass is 32.2. The number of para-hydroxylation sites is 1. The van der Waals surface area contributed by atoms with Crippen molar-refractivity contribution in [1.29, 1.82) is 0 Å². The number of benzene rings is 2. The maximum atomic E-state index is 13.1. The summed E-state index contributed by atoms with van der Waals surface area (Å²) < 4.78 is 36.5. The Bertz CT molecular complexity index is 1270. The molecule has 5 rings (SSSR count). The Morgan fingerprint density at radius 3 is 2.65 bits per heavy atom. The number of sulfone groups is 1. The van der Waals surface area contributed by atoms with Crippen molar-refractivity contribution in [2.45, 2.75) is 17.4 Å². The van der Waals surface area contributed by atoms with Crippen LogP contribution in [0.25, 0.3) is 22.2 Å². The smallest absolute Gasteiger partial charge is 0.410 e. The Labute approximate surface area is 197 Å². The van der Waals surface area contributed by atoms with E-state index in [4.69, 9.17) is 9.47 Å². The first kappa shape index (κ1) is 22.7. The standard InChI is InChI=1S/C24H27N3O6S/c28-18-7-8-27(15-18)23-6-5-19(14-20(23)22-13-17-3-1-2-4-21(17)25-22)34(30,31)16-33-24(29)26-9-11-32-12-10-26/h1-6,13-14,18,25,28H,7-12,15-16H2/t18-/m0/s1. The number of morpholine rings is 1. The Hall–Kier alpha value is -3.08. The number of ether oxygens (including phenoxy) is 2. The molecule has 34 heavy (non-hydrogen) atoms. The predicted octanol–water partition coefficient (Wildman–Crippen LogP) is 2.61. The van der Waals surface area contributed by atoms with Crippen molar-refractivity contribution in [3.63, 3.8) is 0 Å². The number of rotatable bonds is 5. The van der Waals surface area contributed by atoms with Gasteiger partial charge in [0.1, 0.15) is 0 Å². The van der Waals surface area contributed by atoms with E-state index >= 15 is 0 Å². The molecule has 2 fully saturated rings. The highest BCUT2D eigenvalue weighted by Gasteiger charge is 2.27. The molecule has 1 atom stereocenters. The molecule has 2 aliphatic heterocycles. The number of anilines is 1. The Morgan fingerprint density at radius 2 is 1.91 bits per heavy atom. The number of aromatic nitrogens is 1. The minimum Gasteiger partial charge on any atom is -0.433 e. The quantitative estimate of drug-likeness (QED) is 0.571. The second-order valence-corrected chi connectivity index (χ2v) is 10.5. The van der Waals surface area contributed by atoms with Crippen molar-refractivity contribution >= 4 is 32.5 Å². The molecule has 180 valence electrons. The number of aliphatic hydroxyl groups excluding tert-OH is 1. The van der Waals surface area contributed by atoms with Crippen LogP contribution >= 0.6 is 0 Å². The molecule has 2 aliphatic rings. The van der Waals surface area contributed by atoms with Crippen LogP contribution in [0.3, 0.4) is 0 Å². The van der Waals surface area contributed by atoms with Gasteiger partial charge in [-0.05, 0) is 36.8 Å². The second-order valence-electron chi connectivity index (χ2n) is 8.58. The minimum absolute atomic E-state index is 0.0689. The highest BCUT2D eigenvalue weighted by molar-refractivity contribution is 7.91. The summed E-state index contributed by atoms with van der Waals surface area (Å²) in [7, 11) is -3.89. The van der Waals surface area contributed by atoms with Crippen LogP contribution in [0.15, 0.2) is 53.4 Å². The Morgan fingerprint density at radius 1 is 1.12 bits per heavy atom. The fraction of sp³-hybridized carbons (Fsp3) is 0.375. The predicted molar refractivity (Wildman–Crippen MR) is 127 cm³/mol. The number of aliphatic hydroxyl groups is 1. The molecule has 2 N–H and O–H groups in total. The monoisotopic (exact) mass is 485 g/mol. The molecule has 0 radical (unpaired) electrons. The molecule has 1 amide bonds. The van der Waals surface area contributed by atoms with Crippen molar-refractivity contribution in [2.75, 3.05) is 50.2 Å². The van der Waals surface area contributed by atoms with Crippen LogP contribution in [-0.4, -0.2) is 80.9 Å². The summed E-state index contributed by atoms with van der Waals surface area (Å²) in [6, 6.07) is 14.7. The van der Waals surface area contributed by atoms with Crippen LogP contribution in [0.5, 0.6) is 0 Å². The average molecular weight is 486 g/mol. The summed E-state index contributed by atoms with van der Waals surface area (Å²) in [5, 5.41) is 11.1. The summed E-state index contributed by atoms with van der Waals surface area (Å²) in [6.45, 7) is 2.72. The molecular formula is C24H27N3O6S. The Kier molecular flexibility index (Phi) is 6.20. The third-order valence-electron chi connectivity index (χ3n) is 6.26. The van der Waals surface area contributed by atoms with Crippen LogP contribution in [0.2, 0.25) is 0 Å². The molecule has 0 spiro atoms. The number of fused-ring (bicyclic) bond motifs is 1. The van der Waals surface area contributed by atoms with Gasteiger partial charge in [-0.2, -0.15) is 0 Å². The van der Waals surface area contributed by atoms with E-state index in [9.17, 15) is 18.3 Å². The number of hydrogen-bond acceptors (Lipinski definition) is 7. The number of nitrogens with one attached hydrogen (secondary N) is 1. The molecule has 0 saturated carbocycles. The zero-order valence-corrected chi connectivity index (χ0v) is 19.5. The summed E-state index contributed by atoms with van der Waals surface area (Å²) in [4.78, 5) is 19.2.